The van der Waals surface area contributed by atoms with E-state index >= 15 is 0 Å². The predicted octanol–water partition coefficient (Wildman–Crippen LogP) is 2.97. The lowest BCUT2D eigenvalue weighted by molar-refractivity contribution is 0.0965. The summed E-state index contributed by atoms with van der Waals surface area (Å²) in [7, 11) is 0. The van der Waals surface area contributed by atoms with Crippen LogP contribution in [0.4, 0.5) is 0 Å². The highest BCUT2D eigenvalue weighted by Crippen LogP contribution is 2.49. The SMILES string of the molecule is CC(C)CNCC1(CCC2CCCO2)CC1. The van der Waals surface area contributed by atoms with Gasteiger partial charge in [-0.3, -0.25) is 0 Å². The lowest BCUT2D eigenvalue weighted by atomic mass is 9.97. The molecule has 2 rings (SSSR count). The second-order valence-corrected chi connectivity index (χ2v) is 6.20. The van der Waals surface area contributed by atoms with Gasteiger partial charge in [-0.05, 0) is 56.4 Å². The lowest BCUT2D eigenvalue weighted by Gasteiger charge is -2.19. The van der Waals surface area contributed by atoms with Gasteiger partial charge in [-0.15, -0.1) is 0 Å². The molecule has 1 aliphatic heterocycles. The molecule has 0 amide bonds. The van der Waals surface area contributed by atoms with Gasteiger partial charge >= 0.3 is 0 Å². The summed E-state index contributed by atoms with van der Waals surface area (Å²) in [5, 5.41) is 3.62. The molecule has 1 unspecified atom stereocenters. The smallest absolute Gasteiger partial charge is 0.0576 e. The molecule has 1 saturated heterocycles. The first kappa shape index (κ1) is 12.4. The molecule has 1 atom stereocenters. The van der Waals surface area contributed by atoms with Crippen LogP contribution in [0.15, 0.2) is 0 Å². The minimum atomic E-state index is 0.586. The van der Waals surface area contributed by atoms with E-state index in [1.54, 1.807) is 0 Å². The molecule has 0 aromatic carbocycles. The van der Waals surface area contributed by atoms with E-state index in [1.807, 2.05) is 0 Å². The van der Waals surface area contributed by atoms with Gasteiger partial charge in [0.05, 0.1) is 6.10 Å². The number of hydrogen-bond donors (Lipinski definition) is 1. The molecule has 1 saturated carbocycles. The first-order chi connectivity index (χ1) is 7.70. The van der Waals surface area contributed by atoms with E-state index in [4.69, 9.17) is 4.74 Å². The van der Waals surface area contributed by atoms with Crippen LogP contribution < -0.4 is 5.32 Å². The van der Waals surface area contributed by atoms with E-state index in [0.29, 0.717) is 11.5 Å². The molecule has 2 aliphatic rings. The summed E-state index contributed by atoms with van der Waals surface area (Å²) in [4.78, 5) is 0. The maximum Gasteiger partial charge on any atom is 0.0576 e. The first-order valence-electron chi connectivity index (χ1n) is 7.03. The van der Waals surface area contributed by atoms with Crippen LogP contribution in [0.1, 0.15) is 52.4 Å². The number of rotatable bonds is 7. The predicted molar refractivity (Wildman–Crippen MR) is 67.6 cm³/mol. The molecule has 2 nitrogen and oxygen atoms in total. The van der Waals surface area contributed by atoms with Crippen LogP contribution in [0.25, 0.3) is 0 Å². The molecule has 0 bridgehead atoms. The average molecular weight is 225 g/mol. The van der Waals surface area contributed by atoms with Gasteiger partial charge in [0, 0.05) is 13.2 Å². The molecule has 0 aromatic rings. The van der Waals surface area contributed by atoms with E-state index in [1.165, 1.54) is 51.6 Å². The highest BCUT2D eigenvalue weighted by atomic mass is 16.5. The quantitative estimate of drug-likeness (QED) is 0.719. The normalized spacial score (nSPS) is 27.6. The van der Waals surface area contributed by atoms with Crippen molar-refractivity contribution in [2.24, 2.45) is 11.3 Å². The maximum absolute atomic E-state index is 5.70. The summed E-state index contributed by atoms with van der Waals surface area (Å²) in [5.41, 5.74) is 0.654. The monoisotopic (exact) mass is 225 g/mol. The Kier molecular flexibility index (Phi) is 4.26. The van der Waals surface area contributed by atoms with Gasteiger partial charge in [0.15, 0.2) is 0 Å². The first-order valence-corrected chi connectivity index (χ1v) is 7.03. The molecule has 0 spiro atoms. The van der Waals surface area contributed by atoms with E-state index < -0.39 is 0 Å². The van der Waals surface area contributed by atoms with Crippen molar-refractivity contribution < 1.29 is 4.74 Å². The molecule has 2 heteroatoms. The molecule has 2 fully saturated rings. The van der Waals surface area contributed by atoms with Crippen molar-refractivity contribution in [2.75, 3.05) is 19.7 Å². The molecule has 16 heavy (non-hydrogen) atoms. The van der Waals surface area contributed by atoms with Crippen LogP contribution in [0.5, 0.6) is 0 Å². The summed E-state index contributed by atoms with van der Waals surface area (Å²) in [6.45, 7) is 7.96. The highest BCUT2D eigenvalue weighted by molar-refractivity contribution is 4.95. The second kappa shape index (κ2) is 5.50. The van der Waals surface area contributed by atoms with Gasteiger partial charge in [-0.25, -0.2) is 0 Å². The van der Waals surface area contributed by atoms with Gasteiger partial charge in [-0.2, -0.15) is 0 Å². The third-order valence-corrected chi connectivity index (χ3v) is 4.03. The van der Waals surface area contributed by atoms with Crippen molar-refractivity contribution in [3.63, 3.8) is 0 Å². The number of nitrogens with one attached hydrogen (secondary N) is 1. The van der Waals surface area contributed by atoms with Crippen molar-refractivity contribution in [2.45, 2.75) is 58.5 Å². The van der Waals surface area contributed by atoms with Crippen molar-refractivity contribution in [3.8, 4) is 0 Å². The van der Waals surface area contributed by atoms with Gasteiger partial charge in [-0.1, -0.05) is 13.8 Å². The minimum absolute atomic E-state index is 0.586. The van der Waals surface area contributed by atoms with Crippen molar-refractivity contribution in [1.29, 1.82) is 0 Å². The summed E-state index contributed by atoms with van der Waals surface area (Å²) in [6.07, 6.45) is 8.71. The summed E-state index contributed by atoms with van der Waals surface area (Å²) in [6, 6.07) is 0. The molecular formula is C14H27NO. The van der Waals surface area contributed by atoms with Gasteiger partial charge in [0.2, 0.25) is 0 Å². The van der Waals surface area contributed by atoms with Gasteiger partial charge in [0.1, 0.15) is 0 Å². The van der Waals surface area contributed by atoms with Gasteiger partial charge in [0.25, 0.3) is 0 Å². The van der Waals surface area contributed by atoms with Crippen LogP contribution in [0, 0.1) is 11.3 Å². The van der Waals surface area contributed by atoms with Crippen LogP contribution in [0.3, 0.4) is 0 Å². The molecule has 94 valence electrons. The Morgan fingerprint density at radius 2 is 2.19 bits per heavy atom. The Bertz CT molecular complexity index is 205. The Hall–Kier alpha value is -0.0800. The van der Waals surface area contributed by atoms with Gasteiger partial charge < -0.3 is 10.1 Å². The molecule has 1 N–H and O–H groups in total. The van der Waals surface area contributed by atoms with E-state index in [9.17, 15) is 0 Å². The zero-order valence-electron chi connectivity index (χ0n) is 10.9. The average Bonchev–Trinajstić information content (AvgIpc) is 2.81. The third-order valence-electron chi connectivity index (χ3n) is 4.03. The molecule has 1 aliphatic carbocycles. The third kappa shape index (κ3) is 3.74. The van der Waals surface area contributed by atoms with Crippen molar-refractivity contribution in [3.05, 3.63) is 0 Å². The summed E-state index contributed by atoms with van der Waals surface area (Å²) in [5.74, 6) is 0.772. The fourth-order valence-electron chi connectivity index (χ4n) is 2.66. The Labute approximate surface area is 100 Å². The van der Waals surface area contributed by atoms with Crippen LogP contribution in [-0.2, 0) is 4.74 Å². The standard InChI is InChI=1S/C14H27NO/c1-12(2)10-15-11-14(7-8-14)6-5-13-4-3-9-16-13/h12-13,15H,3-11H2,1-2H3. The van der Waals surface area contributed by atoms with E-state index in [-0.39, 0.29) is 0 Å². The molecule has 0 aromatic heterocycles. The lowest BCUT2D eigenvalue weighted by Crippen LogP contribution is -2.28. The second-order valence-electron chi connectivity index (χ2n) is 6.20. The van der Waals surface area contributed by atoms with Crippen molar-refractivity contribution >= 4 is 0 Å². The fraction of sp³-hybridized carbons (Fsp3) is 1.00. The molecular weight excluding hydrogens is 198 g/mol. The van der Waals surface area contributed by atoms with E-state index in [2.05, 4.69) is 19.2 Å². The van der Waals surface area contributed by atoms with Crippen molar-refractivity contribution in [1.82, 2.24) is 5.32 Å². The summed E-state index contributed by atoms with van der Waals surface area (Å²) < 4.78 is 5.70. The molecule has 1 heterocycles. The fourth-order valence-corrected chi connectivity index (χ4v) is 2.66. The Morgan fingerprint density at radius 1 is 1.38 bits per heavy atom. The Balaban J connectivity index is 1.60. The van der Waals surface area contributed by atoms with Crippen LogP contribution in [0.2, 0.25) is 0 Å². The molecule has 0 radical (unpaired) electrons. The largest absolute Gasteiger partial charge is 0.378 e. The highest BCUT2D eigenvalue weighted by Gasteiger charge is 2.42. The zero-order valence-corrected chi connectivity index (χ0v) is 10.9. The van der Waals surface area contributed by atoms with Crippen LogP contribution in [-0.4, -0.2) is 25.8 Å². The Morgan fingerprint density at radius 3 is 2.75 bits per heavy atom. The topological polar surface area (TPSA) is 21.3 Å². The number of hydrogen-bond acceptors (Lipinski definition) is 2. The zero-order chi connectivity index (χ0) is 11.4. The maximum atomic E-state index is 5.70. The minimum Gasteiger partial charge on any atom is -0.378 e. The van der Waals surface area contributed by atoms with Crippen LogP contribution >= 0.6 is 0 Å². The summed E-state index contributed by atoms with van der Waals surface area (Å²) >= 11 is 0. The number of ether oxygens (including phenoxy) is 1. The van der Waals surface area contributed by atoms with E-state index in [0.717, 1.165) is 12.5 Å².